The fourth-order valence-corrected chi connectivity index (χ4v) is 1.66. The Bertz CT molecular complexity index is 126. The second-order valence-corrected chi connectivity index (χ2v) is 4.58. The normalized spacial score (nSPS) is 13.4. The van der Waals surface area contributed by atoms with Gasteiger partial charge >= 0.3 is 0 Å². The molecule has 0 aromatic rings. The van der Waals surface area contributed by atoms with Crippen LogP contribution in [0.4, 0.5) is 0 Å². The third-order valence-electron chi connectivity index (χ3n) is 3.03. The first-order valence-electron chi connectivity index (χ1n) is 6.63. The zero-order valence-electron chi connectivity index (χ0n) is 11.2. The van der Waals surface area contributed by atoms with Gasteiger partial charge in [0.1, 0.15) is 0 Å². The van der Waals surface area contributed by atoms with E-state index in [9.17, 15) is 0 Å². The standard InChI is InChI=1S/C13H30N2/c1-5-7-8-12-15(4)13(3)9-11-14-10-6-2/h13-14H,5-12H2,1-4H3. The molecule has 92 valence electrons. The highest BCUT2D eigenvalue weighted by molar-refractivity contribution is 4.64. The molecule has 0 bridgehead atoms. The van der Waals surface area contributed by atoms with Crippen LogP contribution in [0.1, 0.15) is 52.9 Å². The number of unbranched alkanes of at least 4 members (excludes halogenated alkanes) is 2. The average molecular weight is 214 g/mol. The van der Waals surface area contributed by atoms with Crippen LogP contribution < -0.4 is 5.32 Å². The van der Waals surface area contributed by atoms with E-state index < -0.39 is 0 Å². The summed E-state index contributed by atoms with van der Waals surface area (Å²) < 4.78 is 0. The lowest BCUT2D eigenvalue weighted by atomic mass is 10.2. The molecule has 0 saturated heterocycles. The molecule has 0 rings (SSSR count). The van der Waals surface area contributed by atoms with Gasteiger partial charge in [0.15, 0.2) is 0 Å². The average Bonchev–Trinajstić information content (AvgIpc) is 2.24. The van der Waals surface area contributed by atoms with E-state index >= 15 is 0 Å². The number of hydrogen-bond acceptors (Lipinski definition) is 2. The quantitative estimate of drug-likeness (QED) is 0.563. The Balaban J connectivity index is 3.38. The van der Waals surface area contributed by atoms with Crippen LogP contribution in [0.3, 0.4) is 0 Å². The largest absolute Gasteiger partial charge is 0.317 e. The van der Waals surface area contributed by atoms with E-state index in [1.54, 1.807) is 0 Å². The lowest BCUT2D eigenvalue weighted by molar-refractivity contribution is 0.240. The zero-order chi connectivity index (χ0) is 11.5. The van der Waals surface area contributed by atoms with Crippen molar-refractivity contribution in [3.63, 3.8) is 0 Å². The van der Waals surface area contributed by atoms with E-state index in [4.69, 9.17) is 0 Å². The molecule has 15 heavy (non-hydrogen) atoms. The molecular weight excluding hydrogens is 184 g/mol. The van der Waals surface area contributed by atoms with Crippen molar-refractivity contribution in [3.05, 3.63) is 0 Å². The van der Waals surface area contributed by atoms with Gasteiger partial charge in [0, 0.05) is 6.04 Å². The first kappa shape index (κ1) is 14.9. The summed E-state index contributed by atoms with van der Waals surface area (Å²) in [4.78, 5) is 2.49. The molecule has 0 aromatic heterocycles. The maximum atomic E-state index is 3.46. The van der Waals surface area contributed by atoms with Gasteiger partial charge in [-0.15, -0.1) is 0 Å². The van der Waals surface area contributed by atoms with Gasteiger partial charge in [-0.05, 0) is 52.9 Å². The molecule has 0 heterocycles. The molecule has 2 heteroatoms. The van der Waals surface area contributed by atoms with Crippen molar-refractivity contribution in [2.45, 2.75) is 58.9 Å². The van der Waals surface area contributed by atoms with Crippen LogP contribution in [-0.2, 0) is 0 Å². The van der Waals surface area contributed by atoms with Gasteiger partial charge in [-0.25, -0.2) is 0 Å². The number of nitrogens with one attached hydrogen (secondary N) is 1. The maximum absolute atomic E-state index is 3.46. The van der Waals surface area contributed by atoms with Crippen LogP contribution in [0, 0.1) is 0 Å². The number of hydrogen-bond donors (Lipinski definition) is 1. The van der Waals surface area contributed by atoms with Gasteiger partial charge in [0.25, 0.3) is 0 Å². The Labute approximate surface area is 96.4 Å². The minimum Gasteiger partial charge on any atom is -0.317 e. The molecule has 1 atom stereocenters. The topological polar surface area (TPSA) is 15.3 Å². The van der Waals surface area contributed by atoms with Crippen LogP contribution in [0.15, 0.2) is 0 Å². The third kappa shape index (κ3) is 8.88. The van der Waals surface area contributed by atoms with Crippen LogP contribution in [-0.4, -0.2) is 37.6 Å². The van der Waals surface area contributed by atoms with E-state index in [2.05, 4.69) is 38.0 Å². The Hall–Kier alpha value is -0.0800. The smallest absolute Gasteiger partial charge is 0.00759 e. The summed E-state index contributed by atoms with van der Waals surface area (Å²) in [7, 11) is 2.25. The monoisotopic (exact) mass is 214 g/mol. The van der Waals surface area contributed by atoms with Crippen molar-refractivity contribution in [3.8, 4) is 0 Å². The zero-order valence-corrected chi connectivity index (χ0v) is 11.2. The van der Waals surface area contributed by atoms with Gasteiger partial charge in [-0.1, -0.05) is 26.7 Å². The second kappa shape index (κ2) is 10.4. The summed E-state index contributed by atoms with van der Waals surface area (Å²) in [6.45, 7) is 10.4. The summed E-state index contributed by atoms with van der Waals surface area (Å²) in [5.74, 6) is 0. The van der Waals surface area contributed by atoms with E-state index in [1.165, 1.54) is 38.6 Å². The number of nitrogens with zero attached hydrogens (tertiary/aromatic N) is 1. The van der Waals surface area contributed by atoms with Crippen LogP contribution in [0.5, 0.6) is 0 Å². The molecule has 2 nitrogen and oxygen atoms in total. The van der Waals surface area contributed by atoms with Crippen LogP contribution >= 0.6 is 0 Å². The van der Waals surface area contributed by atoms with Crippen LogP contribution in [0.25, 0.3) is 0 Å². The molecule has 0 aliphatic heterocycles. The molecule has 0 aliphatic rings. The molecule has 0 saturated carbocycles. The van der Waals surface area contributed by atoms with Gasteiger partial charge in [0.05, 0.1) is 0 Å². The van der Waals surface area contributed by atoms with E-state index in [-0.39, 0.29) is 0 Å². The summed E-state index contributed by atoms with van der Waals surface area (Å²) in [5.41, 5.74) is 0. The van der Waals surface area contributed by atoms with Crippen molar-refractivity contribution >= 4 is 0 Å². The molecule has 1 unspecified atom stereocenters. The fraction of sp³-hybridized carbons (Fsp3) is 1.00. The van der Waals surface area contributed by atoms with Crippen molar-refractivity contribution < 1.29 is 0 Å². The van der Waals surface area contributed by atoms with Crippen molar-refractivity contribution in [1.29, 1.82) is 0 Å². The predicted octanol–water partition coefficient (Wildman–Crippen LogP) is 2.89. The van der Waals surface area contributed by atoms with E-state index in [0.717, 1.165) is 13.1 Å². The highest BCUT2D eigenvalue weighted by Gasteiger charge is 2.07. The highest BCUT2D eigenvalue weighted by atomic mass is 15.1. The van der Waals surface area contributed by atoms with Gasteiger partial charge in [-0.2, -0.15) is 0 Å². The highest BCUT2D eigenvalue weighted by Crippen LogP contribution is 2.03. The summed E-state index contributed by atoms with van der Waals surface area (Å²) in [6, 6.07) is 0.714. The molecular formula is C13H30N2. The van der Waals surface area contributed by atoms with Crippen LogP contribution in [0.2, 0.25) is 0 Å². The van der Waals surface area contributed by atoms with Crippen molar-refractivity contribution in [2.75, 3.05) is 26.7 Å². The number of rotatable bonds is 10. The molecule has 0 spiro atoms. The Morgan fingerprint density at radius 2 is 1.80 bits per heavy atom. The predicted molar refractivity (Wildman–Crippen MR) is 69.4 cm³/mol. The first-order chi connectivity index (χ1) is 7.22. The summed E-state index contributed by atoms with van der Waals surface area (Å²) in [5, 5.41) is 3.46. The second-order valence-electron chi connectivity index (χ2n) is 4.58. The molecule has 0 radical (unpaired) electrons. The van der Waals surface area contributed by atoms with Gasteiger partial charge in [-0.3, -0.25) is 0 Å². The molecule has 0 aromatic carbocycles. The molecule has 1 N–H and O–H groups in total. The van der Waals surface area contributed by atoms with Gasteiger partial charge in [0.2, 0.25) is 0 Å². The first-order valence-corrected chi connectivity index (χ1v) is 6.63. The minimum absolute atomic E-state index is 0.714. The Morgan fingerprint density at radius 1 is 1.07 bits per heavy atom. The maximum Gasteiger partial charge on any atom is 0.00759 e. The fourth-order valence-electron chi connectivity index (χ4n) is 1.66. The van der Waals surface area contributed by atoms with Crippen molar-refractivity contribution in [2.24, 2.45) is 0 Å². The van der Waals surface area contributed by atoms with E-state index in [1.807, 2.05) is 0 Å². The van der Waals surface area contributed by atoms with E-state index in [0.29, 0.717) is 6.04 Å². The third-order valence-corrected chi connectivity index (χ3v) is 3.03. The molecule has 0 fully saturated rings. The SMILES string of the molecule is CCCCCN(C)C(C)CCNCCC. The van der Waals surface area contributed by atoms with Gasteiger partial charge < -0.3 is 10.2 Å². The molecule has 0 amide bonds. The lowest BCUT2D eigenvalue weighted by Crippen LogP contribution is -2.33. The Kier molecular flexibility index (Phi) is 10.4. The Morgan fingerprint density at radius 3 is 2.40 bits per heavy atom. The molecule has 0 aliphatic carbocycles. The lowest BCUT2D eigenvalue weighted by Gasteiger charge is -2.24. The summed E-state index contributed by atoms with van der Waals surface area (Å²) >= 11 is 0. The minimum atomic E-state index is 0.714. The van der Waals surface area contributed by atoms with Crippen molar-refractivity contribution in [1.82, 2.24) is 10.2 Å². The summed E-state index contributed by atoms with van der Waals surface area (Å²) in [6.07, 6.45) is 6.54.